The van der Waals surface area contributed by atoms with Crippen molar-refractivity contribution < 1.29 is 9.53 Å². The summed E-state index contributed by atoms with van der Waals surface area (Å²) < 4.78 is 5.28. The van der Waals surface area contributed by atoms with Gasteiger partial charge in [-0.1, -0.05) is 30.3 Å². The molecule has 0 saturated heterocycles. The predicted molar refractivity (Wildman–Crippen MR) is 66.9 cm³/mol. The first kappa shape index (κ1) is 11.2. The molecule has 1 amide bonds. The molecule has 2 N–H and O–H groups in total. The van der Waals surface area contributed by atoms with Crippen molar-refractivity contribution >= 4 is 5.91 Å². The molecule has 0 aliphatic rings. The zero-order valence-electron chi connectivity index (χ0n) is 9.51. The molecule has 2 aromatic rings. The van der Waals surface area contributed by atoms with Gasteiger partial charge in [-0.15, -0.1) is 0 Å². The molecule has 0 aliphatic heterocycles. The molecular formula is C14H13NO2. The molecular weight excluding hydrogens is 214 g/mol. The van der Waals surface area contributed by atoms with Crippen LogP contribution >= 0.6 is 0 Å². The van der Waals surface area contributed by atoms with Crippen LogP contribution in [0, 0.1) is 0 Å². The van der Waals surface area contributed by atoms with Crippen LogP contribution in [0.15, 0.2) is 48.5 Å². The van der Waals surface area contributed by atoms with Gasteiger partial charge in [0.05, 0.1) is 7.11 Å². The van der Waals surface area contributed by atoms with E-state index in [9.17, 15) is 4.79 Å². The van der Waals surface area contributed by atoms with E-state index in [-0.39, 0.29) is 0 Å². The normalized spacial score (nSPS) is 9.94. The van der Waals surface area contributed by atoms with E-state index in [0.29, 0.717) is 5.56 Å². The number of primary amides is 1. The lowest BCUT2D eigenvalue weighted by Gasteiger charge is -2.09. The minimum absolute atomic E-state index is 0.440. The zero-order chi connectivity index (χ0) is 12.3. The van der Waals surface area contributed by atoms with Crippen molar-refractivity contribution in [3.05, 3.63) is 54.1 Å². The Kier molecular flexibility index (Phi) is 3.10. The highest BCUT2D eigenvalue weighted by atomic mass is 16.5. The van der Waals surface area contributed by atoms with Crippen LogP contribution < -0.4 is 10.5 Å². The minimum Gasteiger partial charge on any atom is -0.496 e. The lowest BCUT2D eigenvalue weighted by atomic mass is 10.0. The first-order valence-corrected chi connectivity index (χ1v) is 5.25. The van der Waals surface area contributed by atoms with Crippen LogP contribution in [-0.4, -0.2) is 13.0 Å². The van der Waals surface area contributed by atoms with Crippen molar-refractivity contribution in [2.45, 2.75) is 0 Å². The summed E-state index contributed by atoms with van der Waals surface area (Å²) in [6.45, 7) is 0. The Hall–Kier alpha value is -2.29. The van der Waals surface area contributed by atoms with Gasteiger partial charge in [-0.05, 0) is 23.8 Å². The van der Waals surface area contributed by atoms with E-state index >= 15 is 0 Å². The number of ether oxygens (including phenoxy) is 1. The lowest BCUT2D eigenvalue weighted by molar-refractivity contribution is 0.100. The van der Waals surface area contributed by atoms with Crippen molar-refractivity contribution in [2.75, 3.05) is 7.11 Å². The molecule has 0 aliphatic carbocycles. The van der Waals surface area contributed by atoms with Gasteiger partial charge in [-0.3, -0.25) is 4.79 Å². The largest absolute Gasteiger partial charge is 0.496 e. The van der Waals surface area contributed by atoms with Gasteiger partial charge in [-0.25, -0.2) is 0 Å². The highest BCUT2D eigenvalue weighted by Crippen LogP contribution is 2.30. The van der Waals surface area contributed by atoms with Gasteiger partial charge >= 0.3 is 0 Å². The SMILES string of the molecule is COc1ccc(C(N)=O)cc1-c1ccccc1. The van der Waals surface area contributed by atoms with Crippen LogP contribution in [0.1, 0.15) is 10.4 Å². The number of rotatable bonds is 3. The molecule has 86 valence electrons. The maximum Gasteiger partial charge on any atom is 0.248 e. The van der Waals surface area contributed by atoms with E-state index in [0.717, 1.165) is 16.9 Å². The van der Waals surface area contributed by atoms with Crippen LogP contribution in [0.25, 0.3) is 11.1 Å². The van der Waals surface area contributed by atoms with Crippen LogP contribution in [0.3, 0.4) is 0 Å². The fraction of sp³-hybridized carbons (Fsp3) is 0.0714. The summed E-state index contributed by atoms with van der Waals surface area (Å²) in [6, 6.07) is 14.9. The Morgan fingerprint density at radius 2 is 1.82 bits per heavy atom. The molecule has 2 aromatic carbocycles. The number of nitrogens with two attached hydrogens (primary N) is 1. The fourth-order valence-corrected chi connectivity index (χ4v) is 1.70. The van der Waals surface area contributed by atoms with Crippen molar-refractivity contribution in [3.8, 4) is 16.9 Å². The number of carbonyl (C=O) groups is 1. The topological polar surface area (TPSA) is 52.3 Å². The average molecular weight is 227 g/mol. The van der Waals surface area contributed by atoms with Gasteiger partial charge < -0.3 is 10.5 Å². The number of hydrogen-bond donors (Lipinski definition) is 1. The zero-order valence-corrected chi connectivity index (χ0v) is 9.51. The van der Waals surface area contributed by atoms with Crippen molar-refractivity contribution in [1.82, 2.24) is 0 Å². The standard InChI is InChI=1S/C14H13NO2/c1-17-13-8-7-11(14(15)16)9-12(13)10-5-3-2-4-6-10/h2-9H,1H3,(H2,15,16). The van der Waals surface area contributed by atoms with E-state index in [1.54, 1.807) is 25.3 Å². The molecule has 0 saturated carbocycles. The van der Waals surface area contributed by atoms with Crippen LogP contribution in [0.5, 0.6) is 5.75 Å². The third-order valence-corrected chi connectivity index (χ3v) is 2.57. The second-order valence-corrected chi connectivity index (χ2v) is 3.65. The molecule has 2 rings (SSSR count). The average Bonchev–Trinajstić information content (AvgIpc) is 2.39. The molecule has 0 bridgehead atoms. The van der Waals surface area contributed by atoms with Crippen molar-refractivity contribution in [3.63, 3.8) is 0 Å². The number of benzene rings is 2. The number of hydrogen-bond acceptors (Lipinski definition) is 2. The summed E-state index contributed by atoms with van der Waals surface area (Å²) in [6.07, 6.45) is 0. The molecule has 0 radical (unpaired) electrons. The Balaban J connectivity index is 2.58. The van der Waals surface area contributed by atoms with E-state index < -0.39 is 5.91 Å². The monoisotopic (exact) mass is 227 g/mol. The van der Waals surface area contributed by atoms with Gasteiger partial charge in [0, 0.05) is 11.1 Å². The highest BCUT2D eigenvalue weighted by molar-refractivity contribution is 5.94. The first-order chi connectivity index (χ1) is 8.22. The molecule has 0 fully saturated rings. The van der Waals surface area contributed by atoms with Crippen LogP contribution in [0.2, 0.25) is 0 Å². The second kappa shape index (κ2) is 4.70. The summed E-state index contributed by atoms with van der Waals surface area (Å²) in [4.78, 5) is 11.2. The molecule has 0 spiro atoms. The summed E-state index contributed by atoms with van der Waals surface area (Å²) in [5, 5.41) is 0. The van der Waals surface area contributed by atoms with E-state index in [1.807, 2.05) is 30.3 Å². The minimum atomic E-state index is -0.440. The molecule has 17 heavy (non-hydrogen) atoms. The van der Waals surface area contributed by atoms with Gasteiger partial charge in [0.2, 0.25) is 5.91 Å². The van der Waals surface area contributed by atoms with Crippen molar-refractivity contribution in [1.29, 1.82) is 0 Å². The Labute approximate surface area is 99.8 Å². The van der Waals surface area contributed by atoms with Gasteiger partial charge in [0.1, 0.15) is 5.75 Å². The Morgan fingerprint density at radius 1 is 1.12 bits per heavy atom. The first-order valence-electron chi connectivity index (χ1n) is 5.25. The lowest BCUT2D eigenvalue weighted by Crippen LogP contribution is -2.10. The number of carbonyl (C=O) groups excluding carboxylic acids is 1. The quantitative estimate of drug-likeness (QED) is 0.875. The van der Waals surface area contributed by atoms with Gasteiger partial charge in [0.25, 0.3) is 0 Å². The van der Waals surface area contributed by atoms with E-state index in [1.165, 1.54) is 0 Å². The predicted octanol–water partition coefficient (Wildman–Crippen LogP) is 2.46. The molecule has 0 atom stereocenters. The summed E-state index contributed by atoms with van der Waals surface area (Å²) >= 11 is 0. The van der Waals surface area contributed by atoms with Gasteiger partial charge in [-0.2, -0.15) is 0 Å². The fourth-order valence-electron chi connectivity index (χ4n) is 1.70. The third-order valence-electron chi connectivity index (χ3n) is 2.57. The van der Waals surface area contributed by atoms with Crippen molar-refractivity contribution in [2.24, 2.45) is 5.73 Å². The molecule has 0 unspecified atom stereocenters. The molecule has 0 aromatic heterocycles. The smallest absolute Gasteiger partial charge is 0.248 e. The van der Waals surface area contributed by atoms with Crippen LogP contribution in [-0.2, 0) is 0 Å². The Bertz CT molecular complexity index is 535. The molecule has 3 heteroatoms. The van der Waals surface area contributed by atoms with E-state index in [2.05, 4.69) is 0 Å². The highest BCUT2D eigenvalue weighted by Gasteiger charge is 2.09. The maximum absolute atomic E-state index is 11.2. The van der Waals surface area contributed by atoms with Gasteiger partial charge in [0.15, 0.2) is 0 Å². The molecule has 0 heterocycles. The summed E-state index contributed by atoms with van der Waals surface area (Å²) in [5.74, 6) is 0.283. The number of amides is 1. The summed E-state index contributed by atoms with van der Waals surface area (Å²) in [7, 11) is 1.60. The second-order valence-electron chi connectivity index (χ2n) is 3.65. The van der Waals surface area contributed by atoms with E-state index in [4.69, 9.17) is 10.5 Å². The third kappa shape index (κ3) is 2.28. The summed E-state index contributed by atoms with van der Waals surface area (Å²) in [5.41, 5.74) is 7.61. The Morgan fingerprint density at radius 3 is 2.41 bits per heavy atom. The molecule has 3 nitrogen and oxygen atoms in total. The maximum atomic E-state index is 11.2. The van der Waals surface area contributed by atoms with Crippen LogP contribution in [0.4, 0.5) is 0 Å². The number of methoxy groups -OCH3 is 1.